The minimum absolute atomic E-state index is 0.146. The summed E-state index contributed by atoms with van der Waals surface area (Å²) in [7, 11) is 0. The van der Waals surface area contributed by atoms with Gasteiger partial charge >= 0.3 is 0 Å². The van der Waals surface area contributed by atoms with Crippen LogP contribution in [0.4, 0.5) is 0 Å². The molecule has 80 valence electrons. The number of hydrogen-bond acceptors (Lipinski definition) is 1. The summed E-state index contributed by atoms with van der Waals surface area (Å²) in [4.78, 5) is 11.5. The van der Waals surface area contributed by atoms with Crippen LogP contribution in [0.1, 0.15) is 38.5 Å². The second-order valence-electron chi connectivity index (χ2n) is 6.37. The van der Waals surface area contributed by atoms with Gasteiger partial charge < -0.3 is 4.79 Å². The number of hydrogen-bond donors (Lipinski definition) is 0. The zero-order valence-electron chi connectivity index (χ0n) is 9.17. The molecule has 5 atom stereocenters. The Kier molecular flexibility index (Phi) is 1.27. The highest BCUT2D eigenvalue weighted by Gasteiger charge is 2.80. The standard InChI is InChI=1S/C14H18O/c1-9-2-3-10-6-12-11(9)4-5-13(12)7-14(10,13)8-15/h8,10-12H,1-7H2/t10-,11-,12+,13+,14+/m0/s1. The van der Waals surface area contributed by atoms with Crippen molar-refractivity contribution in [1.82, 2.24) is 0 Å². The molecule has 0 radical (unpaired) electrons. The van der Waals surface area contributed by atoms with E-state index in [4.69, 9.17) is 0 Å². The van der Waals surface area contributed by atoms with E-state index in [1.165, 1.54) is 50.4 Å². The smallest absolute Gasteiger partial charge is 0.127 e. The van der Waals surface area contributed by atoms with Gasteiger partial charge in [-0.05, 0) is 61.7 Å². The second-order valence-corrected chi connectivity index (χ2v) is 6.37. The normalized spacial score (nSPS) is 60.0. The molecule has 1 heteroatoms. The Morgan fingerprint density at radius 3 is 3.07 bits per heavy atom. The van der Waals surface area contributed by atoms with Gasteiger partial charge in [0.05, 0.1) is 0 Å². The van der Waals surface area contributed by atoms with Gasteiger partial charge in [-0.25, -0.2) is 0 Å². The van der Waals surface area contributed by atoms with Crippen LogP contribution in [0.3, 0.4) is 0 Å². The Morgan fingerprint density at radius 1 is 1.40 bits per heavy atom. The molecule has 0 amide bonds. The lowest BCUT2D eigenvalue weighted by atomic mass is 9.82. The molecule has 4 aliphatic carbocycles. The van der Waals surface area contributed by atoms with Crippen molar-refractivity contribution in [3.63, 3.8) is 0 Å². The minimum atomic E-state index is 0.146. The first kappa shape index (κ1) is 8.55. The van der Waals surface area contributed by atoms with E-state index in [9.17, 15) is 4.79 Å². The minimum Gasteiger partial charge on any atom is -0.303 e. The predicted molar refractivity (Wildman–Crippen MR) is 58.2 cm³/mol. The first-order chi connectivity index (χ1) is 7.23. The monoisotopic (exact) mass is 202 g/mol. The predicted octanol–water partition coefficient (Wildman–Crippen LogP) is 2.96. The van der Waals surface area contributed by atoms with Crippen molar-refractivity contribution in [1.29, 1.82) is 0 Å². The number of allylic oxidation sites excluding steroid dienone is 1. The van der Waals surface area contributed by atoms with Gasteiger partial charge in [0.1, 0.15) is 6.29 Å². The molecule has 4 fully saturated rings. The summed E-state index contributed by atoms with van der Waals surface area (Å²) in [6.45, 7) is 4.28. The summed E-state index contributed by atoms with van der Waals surface area (Å²) in [6, 6.07) is 0. The zero-order chi connectivity index (χ0) is 10.3. The largest absolute Gasteiger partial charge is 0.303 e. The Morgan fingerprint density at radius 2 is 2.27 bits per heavy atom. The summed E-state index contributed by atoms with van der Waals surface area (Å²) in [6.07, 6.45) is 8.98. The highest BCUT2D eigenvalue weighted by Crippen LogP contribution is 2.84. The average Bonchev–Trinajstić information content (AvgIpc) is 2.68. The number of fused-ring (bicyclic) bond motifs is 2. The van der Waals surface area contributed by atoms with Gasteiger partial charge in [-0.3, -0.25) is 0 Å². The van der Waals surface area contributed by atoms with Crippen molar-refractivity contribution in [2.45, 2.75) is 38.5 Å². The van der Waals surface area contributed by atoms with Crippen molar-refractivity contribution >= 4 is 6.29 Å². The second kappa shape index (κ2) is 2.23. The lowest BCUT2D eigenvalue weighted by Crippen LogP contribution is -2.19. The van der Waals surface area contributed by atoms with Crippen LogP contribution in [0.2, 0.25) is 0 Å². The highest BCUT2D eigenvalue weighted by atomic mass is 16.1. The molecule has 4 saturated carbocycles. The first-order valence-electron chi connectivity index (χ1n) is 6.37. The molecule has 0 aliphatic heterocycles. The molecule has 0 N–H and O–H groups in total. The Bertz CT molecular complexity index is 372. The topological polar surface area (TPSA) is 17.1 Å². The fourth-order valence-electron chi connectivity index (χ4n) is 5.58. The van der Waals surface area contributed by atoms with Crippen LogP contribution in [0.5, 0.6) is 0 Å². The van der Waals surface area contributed by atoms with E-state index in [0.717, 1.165) is 11.8 Å². The first-order valence-corrected chi connectivity index (χ1v) is 6.37. The maximum Gasteiger partial charge on any atom is 0.127 e. The third kappa shape index (κ3) is 0.687. The van der Waals surface area contributed by atoms with E-state index in [2.05, 4.69) is 6.58 Å². The molecule has 2 bridgehead atoms. The fraction of sp³-hybridized carbons (Fsp3) is 0.786. The van der Waals surface area contributed by atoms with Crippen molar-refractivity contribution < 1.29 is 4.79 Å². The maximum atomic E-state index is 11.5. The summed E-state index contributed by atoms with van der Waals surface area (Å²) in [5, 5.41) is 0. The number of aldehydes is 1. The third-order valence-corrected chi connectivity index (χ3v) is 6.32. The quantitative estimate of drug-likeness (QED) is 0.472. The molecule has 0 aromatic carbocycles. The SMILES string of the molecule is C=C1CC[C@H]2C[C@@H]3[C@H]1CC[C@@]31C[C@@]21C=O. The fourth-order valence-corrected chi connectivity index (χ4v) is 5.58. The van der Waals surface area contributed by atoms with Crippen LogP contribution < -0.4 is 0 Å². The van der Waals surface area contributed by atoms with Gasteiger partial charge in [0, 0.05) is 5.41 Å². The van der Waals surface area contributed by atoms with E-state index >= 15 is 0 Å². The summed E-state index contributed by atoms with van der Waals surface area (Å²) < 4.78 is 0. The number of carbonyl (C=O) groups excluding carboxylic acids is 1. The van der Waals surface area contributed by atoms with E-state index in [1.807, 2.05) is 0 Å². The van der Waals surface area contributed by atoms with Gasteiger partial charge in [-0.2, -0.15) is 0 Å². The lowest BCUT2D eigenvalue weighted by Gasteiger charge is -2.22. The van der Waals surface area contributed by atoms with Crippen molar-refractivity contribution in [2.24, 2.45) is 28.6 Å². The molecule has 0 heterocycles. The van der Waals surface area contributed by atoms with Gasteiger partial charge in [0.15, 0.2) is 0 Å². The summed E-state index contributed by atoms with van der Waals surface area (Å²) >= 11 is 0. The van der Waals surface area contributed by atoms with Crippen molar-refractivity contribution in [2.75, 3.05) is 0 Å². The number of rotatable bonds is 1. The summed E-state index contributed by atoms with van der Waals surface area (Å²) in [5.74, 6) is 2.32. The van der Waals surface area contributed by atoms with E-state index in [0.29, 0.717) is 11.3 Å². The molecule has 1 nitrogen and oxygen atoms in total. The van der Waals surface area contributed by atoms with Crippen LogP contribution >= 0.6 is 0 Å². The molecular weight excluding hydrogens is 184 g/mol. The van der Waals surface area contributed by atoms with Crippen LogP contribution in [-0.2, 0) is 4.79 Å². The third-order valence-electron chi connectivity index (χ3n) is 6.32. The highest BCUT2D eigenvalue weighted by molar-refractivity contribution is 5.70. The molecule has 1 spiro atoms. The molecular formula is C14H18O. The molecule has 0 aromatic heterocycles. The molecule has 4 rings (SSSR count). The zero-order valence-corrected chi connectivity index (χ0v) is 9.17. The number of carbonyl (C=O) groups is 1. The Hall–Kier alpha value is -0.590. The Balaban J connectivity index is 1.86. The lowest BCUT2D eigenvalue weighted by molar-refractivity contribution is -0.114. The average molecular weight is 202 g/mol. The van der Waals surface area contributed by atoms with E-state index < -0.39 is 0 Å². The van der Waals surface area contributed by atoms with Gasteiger partial charge in [0.2, 0.25) is 0 Å². The van der Waals surface area contributed by atoms with Crippen LogP contribution in [0.15, 0.2) is 12.2 Å². The molecule has 0 aromatic rings. The Labute approximate surface area is 90.9 Å². The van der Waals surface area contributed by atoms with Crippen LogP contribution in [0.25, 0.3) is 0 Å². The molecule has 0 unspecified atom stereocenters. The van der Waals surface area contributed by atoms with Crippen LogP contribution in [0, 0.1) is 28.6 Å². The van der Waals surface area contributed by atoms with Gasteiger partial charge in [-0.15, -0.1) is 0 Å². The van der Waals surface area contributed by atoms with Crippen molar-refractivity contribution in [3.8, 4) is 0 Å². The van der Waals surface area contributed by atoms with Gasteiger partial charge in [-0.1, -0.05) is 12.2 Å². The molecule has 4 aliphatic rings. The molecule has 0 saturated heterocycles. The van der Waals surface area contributed by atoms with Crippen molar-refractivity contribution in [3.05, 3.63) is 12.2 Å². The van der Waals surface area contributed by atoms with Crippen LogP contribution in [-0.4, -0.2) is 6.29 Å². The van der Waals surface area contributed by atoms with Gasteiger partial charge in [0.25, 0.3) is 0 Å². The molecule has 15 heavy (non-hydrogen) atoms. The van der Waals surface area contributed by atoms with E-state index in [-0.39, 0.29) is 5.41 Å². The summed E-state index contributed by atoms with van der Waals surface area (Å²) in [5.41, 5.74) is 2.12. The van der Waals surface area contributed by atoms with E-state index in [1.54, 1.807) is 0 Å². The maximum absolute atomic E-state index is 11.5.